The molecule has 1 heterocycles. The maximum absolute atomic E-state index is 12.0. The molecule has 21 heavy (non-hydrogen) atoms. The highest BCUT2D eigenvalue weighted by atomic mass is 16.3. The van der Waals surface area contributed by atoms with Gasteiger partial charge in [0.2, 0.25) is 5.91 Å². The standard InChI is InChI=1S/C17H16N2O2/c20-15-8-6-12(7-9-15)10-14-11-16(18-19-17(14)21)13-4-2-1-3-5-13/h1-9,14,20H,10-11H2,(H,19,21). The van der Waals surface area contributed by atoms with Crippen LogP contribution in [0.25, 0.3) is 0 Å². The van der Waals surface area contributed by atoms with Crippen LogP contribution in [0.1, 0.15) is 17.5 Å². The first-order valence-corrected chi connectivity index (χ1v) is 6.92. The highest BCUT2D eigenvalue weighted by Gasteiger charge is 2.25. The fourth-order valence-corrected chi connectivity index (χ4v) is 2.48. The Bertz CT molecular complexity index is 663. The highest BCUT2D eigenvalue weighted by molar-refractivity contribution is 6.04. The van der Waals surface area contributed by atoms with Crippen LogP contribution >= 0.6 is 0 Å². The summed E-state index contributed by atoms with van der Waals surface area (Å²) in [6.07, 6.45) is 1.26. The second-order valence-corrected chi connectivity index (χ2v) is 5.17. The monoisotopic (exact) mass is 280 g/mol. The van der Waals surface area contributed by atoms with Crippen LogP contribution in [0.15, 0.2) is 59.7 Å². The molecule has 1 unspecified atom stereocenters. The lowest BCUT2D eigenvalue weighted by atomic mass is 9.90. The zero-order valence-electron chi connectivity index (χ0n) is 11.5. The number of hydrogen-bond acceptors (Lipinski definition) is 3. The molecule has 2 aromatic rings. The quantitative estimate of drug-likeness (QED) is 0.907. The molecule has 2 aromatic carbocycles. The Kier molecular flexibility index (Phi) is 3.69. The van der Waals surface area contributed by atoms with Crippen LogP contribution < -0.4 is 5.43 Å². The van der Waals surface area contributed by atoms with E-state index in [1.165, 1.54) is 0 Å². The normalized spacial score (nSPS) is 18.0. The lowest BCUT2D eigenvalue weighted by Crippen LogP contribution is -2.36. The minimum Gasteiger partial charge on any atom is -0.508 e. The Balaban J connectivity index is 1.76. The average molecular weight is 280 g/mol. The number of carbonyl (C=O) groups excluding carboxylic acids is 1. The van der Waals surface area contributed by atoms with Gasteiger partial charge in [0.05, 0.1) is 5.71 Å². The number of hydrazone groups is 1. The predicted molar refractivity (Wildman–Crippen MR) is 81.0 cm³/mol. The van der Waals surface area contributed by atoms with Crippen LogP contribution in [0, 0.1) is 5.92 Å². The van der Waals surface area contributed by atoms with Gasteiger partial charge in [0, 0.05) is 12.3 Å². The summed E-state index contributed by atoms with van der Waals surface area (Å²) in [5, 5.41) is 13.5. The molecular formula is C17H16N2O2. The molecule has 3 rings (SSSR count). The molecule has 0 saturated carbocycles. The Morgan fingerprint density at radius 3 is 2.52 bits per heavy atom. The number of phenols is 1. The molecule has 0 spiro atoms. The van der Waals surface area contributed by atoms with Crippen molar-refractivity contribution < 1.29 is 9.90 Å². The topological polar surface area (TPSA) is 61.7 Å². The van der Waals surface area contributed by atoms with E-state index in [0.717, 1.165) is 16.8 Å². The molecular weight excluding hydrogens is 264 g/mol. The molecule has 1 amide bonds. The molecule has 1 aliphatic rings. The second-order valence-electron chi connectivity index (χ2n) is 5.17. The minimum atomic E-state index is -0.137. The van der Waals surface area contributed by atoms with E-state index in [1.54, 1.807) is 12.1 Å². The average Bonchev–Trinajstić information content (AvgIpc) is 2.52. The van der Waals surface area contributed by atoms with Crippen molar-refractivity contribution >= 4 is 11.6 Å². The summed E-state index contributed by atoms with van der Waals surface area (Å²) in [4.78, 5) is 12.0. The van der Waals surface area contributed by atoms with Gasteiger partial charge in [-0.3, -0.25) is 4.79 Å². The van der Waals surface area contributed by atoms with Crippen molar-refractivity contribution in [2.24, 2.45) is 11.0 Å². The van der Waals surface area contributed by atoms with E-state index >= 15 is 0 Å². The number of carbonyl (C=O) groups is 1. The van der Waals surface area contributed by atoms with Gasteiger partial charge >= 0.3 is 0 Å². The van der Waals surface area contributed by atoms with Gasteiger partial charge in [-0.25, -0.2) is 5.43 Å². The van der Waals surface area contributed by atoms with Crippen LogP contribution in [0.3, 0.4) is 0 Å². The van der Waals surface area contributed by atoms with Gasteiger partial charge < -0.3 is 5.11 Å². The molecule has 4 heteroatoms. The maximum Gasteiger partial charge on any atom is 0.243 e. The van der Waals surface area contributed by atoms with E-state index in [2.05, 4.69) is 10.5 Å². The number of hydrogen-bond donors (Lipinski definition) is 2. The predicted octanol–water partition coefficient (Wildman–Crippen LogP) is 2.48. The van der Waals surface area contributed by atoms with Gasteiger partial charge in [-0.2, -0.15) is 5.10 Å². The summed E-state index contributed by atoms with van der Waals surface area (Å²) in [6, 6.07) is 16.8. The lowest BCUT2D eigenvalue weighted by Gasteiger charge is -2.21. The zero-order valence-corrected chi connectivity index (χ0v) is 11.5. The van der Waals surface area contributed by atoms with E-state index in [4.69, 9.17) is 0 Å². The number of nitrogens with zero attached hydrogens (tertiary/aromatic N) is 1. The third-order valence-electron chi connectivity index (χ3n) is 3.64. The van der Waals surface area contributed by atoms with E-state index in [1.807, 2.05) is 42.5 Å². The smallest absolute Gasteiger partial charge is 0.243 e. The largest absolute Gasteiger partial charge is 0.508 e. The van der Waals surface area contributed by atoms with Gasteiger partial charge in [0.25, 0.3) is 0 Å². The van der Waals surface area contributed by atoms with Gasteiger partial charge in [-0.15, -0.1) is 0 Å². The SMILES string of the molecule is O=C1NN=C(c2ccccc2)CC1Cc1ccc(O)cc1. The third-order valence-corrected chi connectivity index (χ3v) is 3.64. The van der Waals surface area contributed by atoms with Crippen molar-refractivity contribution in [1.82, 2.24) is 5.43 Å². The molecule has 0 aliphatic carbocycles. The first-order valence-electron chi connectivity index (χ1n) is 6.92. The minimum absolute atomic E-state index is 0.0530. The van der Waals surface area contributed by atoms with E-state index in [0.29, 0.717) is 12.8 Å². The molecule has 0 bridgehead atoms. The second kappa shape index (κ2) is 5.79. The molecule has 106 valence electrons. The van der Waals surface area contributed by atoms with Crippen LogP contribution in [-0.2, 0) is 11.2 Å². The summed E-state index contributed by atoms with van der Waals surface area (Å²) >= 11 is 0. The zero-order chi connectivity index (χ0) is 14.7. The van der Waals surface area contributed by atoms with E-state index in [9.17, 15) is 9.90 Å². The van der Waals surface area contributed by atoms with Crippen molar-refractivity contribution in [2.45, 2.75) is 12.8 Å². The molecule has 1 atom stereocenters. The van der Waals surface area contributed by atoms with Gasteiger partial charge in [-0.05, 0) is 29.7 Å². The Morgan fingerprint density at radius 2 is 1.81 bits per heavy atom. The number of benzene rings is 2. The first-order chi connectivity index (χ1) is 10.2. The molecule has 2 N–H and O–H groups in total. The molecule has 0 saturated heterocycles. The summed E-state index contributed by atoms with van der Waals surface area (Å²) < 4.78 is 0. The summed E-state index contributed by atoms with van der Waals surface area (Å²) in [5.74, 6) is 0.0448. The van der Waals surface area contributed by atoms with E-state index in [-0.39, 0.29) is 17.6 Å². The number of rotatable bonds is 3. The van der Waals surface area contributed by atoms with Crippen LogP contribution in [0.5, 0.6) is 5.75 Å². The summed E-state index contributed by atoms with van der Waals surface area (Å²) in [6.45, 7) is 0. The van der Waals surface area contributed by atoms with E-state index < -0.39 is 0 Å². The van der Waals surface area contributed by atoms with Crippen molar-refractivity contribution in [3.05, 3.63) is 65.7 Å². The van der Waals surface area contributed by atoms with Gasteiger partial charge in [-0.1, -0.05) is 42.5 Å². The Hall–Kier alpha value is -2.62. The van der Waals surface area contributed by atoms with Gasteiger partial charge in [0.1, 0.15) is 5.75 Å². The van der Waals surface area contributed by atoms with Crippen molar-refractivity contribution in [3.63, 3.8) is 0 Å². The van der Waals surface area contributed by atoms with Crippen LogP contribution in [0.2, 0.25) is 0 Å². The highest BCUT2D eigenvalue weighted by Crippen LogP contribution is 2.20. The molecule has 1 aliphatic heterocycles. The summed E-state index contributed by atoms with van der Waals surface area (Å²) in [7, 11) is 0. The number of nitrogens with one attached hydrogen (secondary N) is 1. The molecule has 0 fully saturated rings. The number of phenolic OH excluding ortho intramolecular Hbond substituents is 1. The van der Waals surface area contributed by atoms with Crippen LogP contribution in [0.4, 0.5) is 0 Å². The number of aromatic hydroxyl groups is 1. The van der Waals surface area contributed by atoms with Crippen molar-refractivity contribution in [2.75, 3.05) is 0 Å². The van der Waals surface area contributed by atoms with Crippen LogP contribution in [-0.4, -0.2) is 16.7 Å². The molecule has 0 aromatic heterocycles. The van der Waals surface area contributed by atoms with Crippen molar-refractivity contribution in [1.29, 1.82) is 0 Å². The van der Waals surface area contributed by atoms with Gasteiger partial charge in [0.15, 0.2) is 0 Å². The molecule has 0 radical (unpaired) electrons. The lowest BCUT2D eigenvalue weighted by molar-refractivity contribution is -0.125. The third kappa shape index (κ3) is 3.11. The maximum atomic E-state index is 12.0. The van der Waals surface area contributed by atoms with Crippen molar-refractivity contribution in [3.8, 4) is 5.75 Å². The fourth-order valence-electron chi connectivity index (χ4n) is 2.48. The number of amides is 1. The Morgan fingerprint density at radius 1 is 1.10 bits per heavy atom. The first kappa shape index (κ1) is 13.4. The molecule has 4 nitrogen and oxygen atoms in total. The summed E-state index contributed by atoms with van der Waals surface area (Å²) in [5.41, 5.74) is 5.58. The fraction of sp³-hybridized carbons (Fsp3) is 0.176. The Labute approximate surface area is 123 Å².